The summed E-state index contributed by atoms with van der Waals surface area (Å²) in [4.78, 5) is 0. The van der Waals surface area contributed by atoms with Crippen LogP contribution >= 0.6 is 0 Å². The van der Waals surface area contributed by atoms with E-state index in [0.717, 1.165) is 43.9 Å². The number of rotatable bonds is 0. The maximum absolute atomic E-state index is 11.0. The summed E-state index contributed by atoms with van der Waals surface area (Å²) in [7, 11) is 0. The summed E-state index contributed by atoms with van der Waals surface area (Å²) < 4.78 is 13.1. The molecule has 4 aliphatic carbocycles. The van der Waals surface area contributed by atoms with Crippen LogP contribution in [-0.2, 0) is 9.47 Å². The molecule has 2 heterocycles. The van der Waals surface area contributed by atoms with Crippen LogP contribution in [0.25, 0.3) is 0 Å². The summed E-state index contributed by atoms with van der Waals surface area (Å²) in [6.45, 7) is 10.2. The molecule has 0 aromatic carbocycles. The lowest BCUT2D eigenvalue weighted by molar-refractivity contribution is -0.316. The Morgan fingerprint density at radius 3 is 2.61 bits per heavy atom. The SMILES string of the molecule is C[C@H]1CO[C@@]2(O[C@H]3C[C@H]4[C@@H]5CC=C6C[C@@H](O)CC[C@]6(C)[C@H]5CC[C@]4(C)[C@H]3[C@@H]2C)C(O)C1. The second-order valence-corrected chi connectivity index (χ2v) is 12.8. The molecule has 0 bridgehead atoms. The fourth-order valence-electron chi connectivity index (χ4n) is 9.81. The molecule has 2 N–H and O–H groups in total. The highest BCUT2D eigenvalue weighted by atomic mass is 16.7. The van der Waals surface area contributed by atoms with Gasteiger partial charge in [-0.05, 0) is 91.8 Å². The van der Waals surface area contributed by atoms with E-state index in [2.05, 4.69) is 33.8 Å². The first-order valence-corrected chi connectivity index (χ1v) is 13.1. The third-order valence-electron chi connectivity index (χ3n) is 11.4. The summed E-state index contributed by atoms with van der Waals surface area (Å²) in [6, 6.07) is 0. The van der Waals surface area contributed by atoms with Crippen LogP contribution in [-0.4, -0.2) is 40.9 Å². The Hall–Kier alpha value is -0.420. The molecule has 6 aliphatic rings. The molecule has 3 saturated carbocycles. The molecule has 31 heavy (non-hydrogen) atoms. The monoisotopic (exact) mass is 430 g/mol. The summed E-state index contributed by atoms with van der Waals surface area (Å²) in [5, 5.41) is 21.3. The summed E-state index contributed by atoms with van der Waals surface area (Å²) in [6.07, 6.45) is 10.7. The van der Waals surface area contributed by atoms with E-state index in [0.29, 0.717) is 24.4 Å². The highest BCUT2D eigenvalue weighted by molar-refractivity contribution is 5.26. The van der Waals surface area contributed by atoms with Gasteiger partial charge in [-0.3, -0.25) is 0 Å². The van der Waals surface area contributed by atoms with Crippen LogP contribution < -0.4 is 0 Å². The van der Waals surface area contributed by atoms with E-state index >= 15 is 0 Å². The van der Waals surface area contributed by atoms with Gasteiger partial charge in [0.25, 0.3) is 0 Å². The molecule has 4 nitrogen and oxygen atoms in total. The minimum Gasteiger partial charge on any atom is -0.393 e. The van der Waals surface area contributed by atoms with Gasteiger partial charge in [0.1, 0.15) is 6.10 Å². The van der Waals surface area contributed by atoms with E-state index in [-0.39, 0.29) is 29.0 Å². The van der Waals surface area contributed by atoms with E-state index in [1.54, 1.807) is 5.57 Å². The van der Waals surface area contributed by atoms with Crippen molar-refractivity contribution in [1.29, 1.82) is 0 Å². The quantitative estimate of drug-likeness (QED) is 0.548. The van der Waals surface area contributed by atoms with Crippen molar-refractivity contribution in [2.24, 2.45) is 46.3 Å². The van der Waals surface area contributed by atoms with Crippen molar-refractivity contribution >= 4 is 0 Å². The molecule has 6 rings (SSSR count). The van der Waals surface area contributed by atoms with Gasteiger partial charge in [-0.1, -0.05) is 39.3 Å². The van der Waals surface area contributed by atoms with Crippen LogP contribution in [0.2, 0.25) is 0 Å². The second kappa shape index (κ2) is 6.81. The number of hydrogen-bond donors (Lipinski definition) is 2. The molecule has 174 valence electrons. The average Bonchev–Trinajstić information content (AvgIpc) is 3.17. The zero-order chi connectivity index (χ0) is 21.8. The number of aliphatic hydroxyl groups is 2. The minimum atomic E-state index is -0.780. The standard InChI is InChI=1S/C27H42O4/c1-15-11-23(29)27(30-14-15)16(2)24-22(31-27)13-21-19-6-5-17-12-18(28)7-9-25(17,3)20(19)8-10-26(21,24)4/h5,15-16,18-24,28-29H,6-14H2,1-4H3/t15-,16+,18+,19-,20+,21+,22+,23?,24+,25+,26+,27+/m1/s1. The largest absolute Gasteiger partial charge is 0.393 e. The zero-order valence-electron chi connectivity index (χ0n) is 19.8. The molecule has 4 heteroatoms. The van der Waals surface area contributed by atoms with E-state index in [1.807, 2.05) is 0 Å². The first kappa shape index (κ1) is 21.1. The molecule has 1 unspecified atom stereocenters. The fourth-order valence-corrected chi connectivity index (χ4v) is 9.81. The Bertz CT molecular complexity index is 779. The van der Waals surface area contributed by atoms with Crippen molar-refractivity contribution < 1.29 is 19.7 Å². The summed E-state index contributed by atoms with van der Waals surface area (Å²) in [5.41, 5.74) is 2.11. The van der Waals surface area contributed by atoms with Crippen LogP contribution in [0.1, 0.15) is 79.1 Å². The Kier molecular flexibility index (Phi) is 4.64. The van der Waals surface area contributed by atoms with E-state index < -0.39 is 11.9 Å². The molecule has 2 aliphatic heterocycles. The van der Waals surface area contributed by atoms with Crippen molar-refractivity contribution in [2.75, 3.05) is 6.61 Å². The number of fused-ring (bicyclic) bond motifs is 7. The smallest absolute Gasteiger partial charge is 0.197 e. The van der Waals surface area contributed by atoms with Gasteiger partial charge >= 0.3 is 0 Å². The van der Waals surface area contributed by atoms with Crippen LogP contribution in [0.4, 0.5) is 0 Å². The van der Waals surface area contributed by atoms with Crippen molar-refractivity contribution in [3.63, 3.8) is 0 Å². The highest BCUT2D eigenvalue weighted by Crippen LogP contribution is 2.70. The number of aliphatic hydroxyl groups excluding tert-OH is 2. The van der Waals surface area contributed by atoms with Crippen molar-refractivity contribution in [3.8, 4) is 0 Å². The predicted molar refractivity (Wildman–Crippen MR) is 119 cm³/mol. The maximum Gasteiger partial charge on any atom is 0.197 e. The lowest BCUT2D eigenvalue weighted by Gasteiger charge is -2.58. The molecule has 0 aromatic heterocycles. The third-order valence-corrected chi connectivity index (χ3v) is 11.4. The van der Waals surface area contributed by atoms with Crippen molar-refractivity contribution in [1.82, 2.24) is 0 Å². The third kappa shape index (κ3) is 2.68. The molecule has 5 fully saturated rings. The molecule has 12 atom stereocenters. The summed E-state index contributed by atoms with van der Waals surface area (Å²) in [5.74, 6) is 2.51. The van der Waals surface area contributed by atoms with Gasteiger partial charge in [0, 0.05) is 5.92 Å². The predicted octanol–water partition coefficient (Wildman–Crippen LogP) is 4.68. The highest BCUT2D eigenvalue weighted by Gasteiger charge is 2.70. The Morgan fingerprint density at radius 2 is 1.84 bits per heavy atom. The molecular formula is C27H42O4. The molecular weight excluding hydrogens is 388 g/mol. The summed E-state index contributed by atoms with van der Waals surface area (Å²) >= 11 is 0. The first-order chi connectivity index (χ1) is 14.7. The van der Waals surface area contributed by atoms with Gasteiger partial charge in [0.2, 0.25) is 0 Å². The van der Waals surface area contributed by atoms with Crippen molar-refractivity contribution in [3.05, 3.63) is 11.6 Å². The van der Waals surface area contributed by atoms with E-state index in [1.165, 1.54) is 19.3 Å². The van der Waals surface area contributed by atoms with E-state index in [4.69, 9.17) is 9.47 Å². The lowest BCUT2D eigenvalue weighted by atomic mass is 9.47. The molecule has 0 amide bonds. The van der Waals surface area contributed by atoms with Crippen LogP contribution in [0.5, 0.6) is 0 Å². The number of allylic oxidation sites excluding steroid dienone is 1. The van der Waals surface area contributed by atoms with Gasteiger partial charge in [-0.25, -0.2) is 0 Å². The number of hydrogen-bond acceptors (Lipinski definition) is 4. The van der Waals surface area contributed by atoms with Crippen LogP contribution in [0.15, 0.2) is 11.6 Å². The van der Waals surface area contributed by atoms with Gasteiger partial charge in [0.15, 0.2) is 5.79 Å². The molecule has 2 saturated heterocycles. The Labute approximate surface area is 187 Å². The van der Waals surface area contributed by atoms with Gasteiger partial charge in [-0.2, -0.15) is 0 Å². The normalized spacial score (nSPS) is 60.7. The Balaban J connectivity index is 1.29. The van der Waals surface area contributed by atoms with Gasteiger partial charge in [0.05, 0.1) is 18.8 Å². The minimum absolute atomic E-state index is 0.134. The number of ether oxygens (including phenoxy) is 2. The second-order valence-electron chi connectivity index (χ2n) is 12.8. The maximum atomic E-state index is 11.0. The van der Waals surface area contributed by atoms with Gasteiger partial charge in [-0.15, -0.1) is 0 Å². The van der Waals surface area contributed by atoms with Gasteiger partial charge < -0.3 is 19.7 Å². The van der Waals surface area contributed by atoms with Crippen LogP contribution in [0, 0.1) is 46.3 Å². The average molecular weight is 431 g/mol. The molecule has 0 aromatic rings. The van der Waals surface area contributed by atoms with Crippen molar-refractivity contribution in [2.45, 2.75) is 103 Å². The fraction of sp³-hybridized carbons (Fsp3) is 0.926. The van der Waals surface area contributed by atoms with E-state index in [9.17, 15) is 10.2 Å². The topological polar surface area (TPSA) is 58.9 Å². The Morgan fingerprint density at radius 1 is 1.03 bits per heavy atom. The molecule has 1 spiro atoms. The first-order valence-electron chi connectivity index (χ1n) is 13.1. The van der Waals surface area contributed by atoms with Crippen LogP contribution in [0.3, 0.4) is 0 Å². The zero-order valence-corrected chi connectivity index (χ0v) is 19.8. The lowest BCUT2D eigenvalue weighted by Crippen LogP contribution is -2.56. The molecule has 0 radical (unpaired) electrons.